The van der Waals surface area contributed by atoms with Gasteiger partial charge >= 0.3 is 0 Å². The van der Waals surface area contributed by atoms with Crippen molar-refractivity contribution in [2.45, 2.75) is 37.1 Å². The number of rotatable bonds is 6. The molecule has 0 bridgehead atoms. The SMILES string of the molecule is COc1ccc(C2(NS(=O)(=O)c3cc(C)c(C)cc3OC)CC2)cc1. The largest absolute Gasteiger partial charge is 0.497 e. The molecule has 1 aliphatic carbocycles. The predicted octanol–water partition coefficient (Wildman–Crippen LogP) is 3.29. The molecule has 3 rings (SSSR count). The number of ether oxygens (including phenoxy) is 2. The van der Waals surface area contributed by atoms with Crippen molar-refractivity contribution in [3.05, 3.63) is 53.1 Å². The molecule has 0 spiro atoms. The summed E-state index contributed by atoms with van der Waals surface area (Å²) in [6, 6.07) is 10.9. The number of sulfonamides is 1. The maximum absolute atomic E-state index is 13.0. The maximum Gasteiger partial charge on any atom is 0.245 e. The fourth-order valence-corrected chi connectivity index (χ4v) is 4.62. The topological polar surface area (TPSA) is 64.6 Å². The van der Waals surface area contributed by atoms with Crippen molar-refractivity contribution in [3.8, 4) is 11.5 Å². The van der Waals surface area contributed by atoms with E-state index < -0.39 is 15.6 Å². The lowest BCUT2D eigenvalue weighted by Crippen LogP contribution is -2.35. The molecule has 0 heterocycles. The van der Waals surface area contributed by atoms with E-state index in [9.17, 15) is 8.42 Å². The summed E-state index contributed by atoms with van der Waals surface area (Å²) < 4.78 is 39.4. The second-order valence-corrected chi connectivity index (χ2v) is 8.15. The number of hydrogen-bond donors (Lipinski definition) is 1. The molecular formula is C19H23NO4S. The summed E-state index contributed by atoms with van der Waals surface area (Å²) in [6.45, 7) is 3.82. The van der Waals surface area contributed by atoms with E-state index in [2.05, 4.69) is 4.72 Å². The fraction of sp³-hybridized carbons (Fsp3) is 0.368. The second kappa shape index (κ2) is 6.35. The first-order valence-corrected chi connectivity index (χ1v) is 9.63. The molecule has 1 N–H and O–H groups in total. The van der Waals surface area contributed by atoms with Crippen molar-refractivity contribution in [3.63, 3.8) is 0 Å². The van der Waals surface area contributed by atoms with Gasteiger partial charge in [-0.05, 0) is 67.6 Å². The average molecular weight is 361 g/mol. The molecule has 0 saturated heterocycles. The van der Waals surface area contributed by atoms with Gasteiger partial charge in [0.1, 0.15) is 16.4 Å². The lowest BCUT2D eigenvalue weighted by Gasteiger charge is -2.20. The summed E-state index contributed by atoms with van der Waals surface area (Å²) in [5.41, 5.74) is 2.30. The molecular weight excluding hydrogens is 338 g/mol. The monoisotopic (exact) mass is 361 g/mol. The lowest BCUT2D eigenvalue weighted by atomic mass is 10.1. The van der Waals surface area contributed by atoms with Gasteiger partial charge in [0, 0.05) is 0 Å². The normalized spacial score (nSPS) is 15.7. The Kier molecular flexibility index (Phi) is 4.51. The van der Waals surface area contributed by atoms with Crippen LogP contribution in [0.3, 0.4) is 0 Å². The van der Waals surface area contributed by atoms with Crippen LogP contribution in [-0.4, -0.2) is 22.6 Å². The standard InChI is InChI=1S/C19H23NO4S/c1-13-11-17(24-4)18(12-14(13)2)25(21,22)20-19(9-10-19)15-5-7-16(23-3)8-6-15/h5-8,11-12,20H,9-10H2,1-4H3. The zero-order chi connectivity index (χ0) is 18.2. The third-order valence-electron chi connectivity index (χ3n) is 4.79. The van der Waals surface area contributed by atoms with Crippen LogP contribution in [-0.2, 0) is 15.6 Å². The van der Waals surface area contributed by atoms with Crippen LogP contribution in [0.5, 0.6) is 11.5 Å². The Morgan fingerprint density at radius 3 is 2.08 bits per heavy atom. The highest BCUT2D eigenvalue weighted by Gasteiger charge is 2.48. The van der Waals surface area contributed by atoms with E-state index in [1.54, 1.807) is 19.2 Å². The minimum absolute atomic E-state index is 0.179. The summed E-state index contributed by atoms with van der Waals surface area (Å²) in [5.74, 6) is 1.11. The van der Waals surface area contributed by atoms with Crippen LogP contribution in [0.25, 0.3) is 0 Å². The highest BCUT2D eigenvalue weighted by Crippen LogP contribution is 2.47. The van der Waals surface area contributed by atoms with Crippen LogP contribution >= 0.6 is 0 Å². The highest BCUT2D eigenvalue weighted by molar-refractivity contribution is 7.89. The lowest BCUT2D eigenvalue weighted by molar-refractivity contribution is 0.401. The quantitative estimate of drug-likeness (QED) is 0.857. The van der Waals surface area contributed by atoms with Crippen LogP contribution < -0.4 is 14.2 Å². The van der Waals surface area contributed by atoms with Gasteiger partial charge in [-0.25, -0.2) is 13.1 Å². The molecule has 134 valence electrons. The number of benzene rings is 2. The summed E-state index contributed by atoms with van der Waals surface area (Å²) in [7, 11) is -0.614. The Balaban J connectivity index is 1.95. The van der Waals surface area contributed by atoms with Crippen molar-refractivity contribution in [2.24, 2.45) is 0 Å². The van der Waals surface area contributed by atoms with E-state index in [0.29, 0.717) is 5.75 Å². The Hall–Kier alpha value is -2.05. The molecule has 5 nitrogen and oxygen atoms in total. The van der Waals surface area contributed by atoms with E-state index in [1.165, 1.54) is 7.11 Å². The molecule has 0 amide bonds. The molecule has 0 aromatic heterocycles. The van der Waals surface area contributed by atoms with Crippen LogP contribution in [0.15, 0.2) is 41.3 Å². The van der Waals surface area contributed by atoms with E-state index in [-0.39, 0.29) is 4.90 Å². The van der Waals surface area contributed by atoms with Gasteiger partial charge in [0.2, 0.25) is 10.0 Å². The van der Waals surface area contributed by atoms with Crippen molar-refractivity contribution in [1.29, 1.82) is 0 Å². The van der Waals surface area contributed by atoms with Gasteiger partial charge in [0.25, 0.3) is 0 Å². The zero-order valence-corrected chi connectivity index (χ0v) is 15.7. The van der Waals surface area contributed by atoms with Crippen LogP contribution in [0, 0.1) is 13.8 Å². The van der Waals surface area contributed by atoms with Gasteiger partial charge < -0.3 is 9.47 Å². The van der Waals surface area contributed by atoms with Gasteiger partial charge in [-0.2, -0.15) is 0 Å². The first-order valence-electron chi connectivity index (χ1n) is 8.15. The summed E-state index contributed by atoms with van der Waals surface area (Å²) in [5, 5.41) is 0. The molecule has 1 saturated carbocycles. The second-order valence-electron chi connectivity index (χ2n) is 6.50. The third-order valence-corrected chi connectivity index (χ3v) is 6.35. The van der Waals surface area contributed by atoms with Gasteiger partial charge in [-0.3, -0.25) is 0 Å². The third kappa shape index (κ3) is 3.37. The number of hydrogen-bond acceptors (Lipinski definition) is 4. The van der Waals surface area contributed by atoms with Crippen molar-refractivity contribution in [1.82, 2.24) is 4.72 Å². The Labute approximate surface area is 149 Å². The number of methoxy groups -OCH3 is 2. The number of aryl methyl sites for hydroxylation is 2. The first-order chi connectivity index (χ1) is 11.8. The van der Waals surface area contributed by atoms with Crippen molar-refractivity contribution >= 4 is 10.0 Å². The molecule has 0 unspecified atom stereocenters. The molecule has 1 aliphatic rings. The minimum atomic E-state index is -3.71. The Bertz CT molecular complexity index is 884. The molecule has 2 aromatic carbocycles. The van der Waals surface area contributed by atoms with Gasteiger partial charge in [-0.15, -0.1) is 0 Å². The smallest absolute Gasteiger partial charge is 0.245 e. The molecule has 2 aromatic rings. The Morgan fingerprint density at radius 1 is 0.960 bits per heavy atom. The van der Waals surface area contributed by atoms with Crippen LogP contribution in [0.4, 0.5) is 0 Å². The molecule has 1 fully saturated rings. The fourth-order valence-electron chi connectivity index (χ4n) is 2.93. The summed E-state index contributed by atoms with van der Waals surface area (Å²) in [4.78, 5) is 0.179. The van der Waals surface area contributed by atoms with Crippen molar-refractivity contribution in [2.75, 3.05) is 14.2 Å². The van der Waals surface area contributed by atoms with Gasteiger partial charge in [0.05, 0.1) is 19.8 Å². The molecule has 25 heavy (non-hydrogen) atoms. The van der Waals surface area contributed by atoms with E-state index in [0.717, 1.165) is 35.3 Å². The van der Waals surface area contributed by atoms with Gasteiger partial charge in [-0.1, -0.05) is 12.1 Å². The van der Waals surface area contributed by atoms with Crippen LogP contribution in [0.1, 0.15) is 29.5 Å². The Morgan fingerprint density at radius 2 is 1.56 bits per heavy atom. The minimum Gasteiger partial charge on any atom is -0.497 e. The van der Waals surface area contributed by atoms with E-state index in [1.807, 2.05) is 38.1 Å². The highest BCUT2D eigenvalue weighted by atomic mass is 32.2. The number of nitrogens with one attached hydrogen (secondary N) is 1. The van der Waals surface area contributed by atoms with E-state index >= 15 is 0 Å². The van der Waals surface area contributed by atoms with Gasteiger partial charge in [0.15, 0.2) is 0 Å². The zero-order valence-electron chi connectivity index (χ0n) is 14.9. The molecule has 0 aliphatic heterocycles. The van der Waals surface area contributed by atoms with Crippen molar-refractivity contribution < 1.29 is 17.9 Å². The average Bonchev–Trinajstić information content (AvgIpc) is 3.36. The predicted molar refractivity (Wildman–Crippen MR) is 96.7 cm³/mol. The van der Waals surface area contributed by atoms with Crippen LogP contribution in [0.2, 0.25) is 0 Å². The molecule has 6 heteroatoms. The summed E-state index contributed by atoms with van der Waals surface area (Å²) >= 11 is 0. The van der Waals surface area contributed by atoms with E-state index in [4.69, 9.17) is 9.47 Å². The molecule has 0 atom stereocenters. The summed E-state index contributed by atoms with van der Waals surface area (Å²) in [6.07, 6.45) is 1.54. The molecule has 0 radical (unpaired) electrons. The maximum atomic E-state index is 13.0. The first kappa shape index (κ1) is 17.8.